The number of benzene rings is 1. The quantitative estimate of drug-likeness (QED) is 0.734. The molecule has 0 aromatic heterocycles. The highest BCUT2D eigenvalue weighted by Gasteiger charge is 2.29. The van der Waals surface area contributed by atoms with Gasteiger partial charge < -0.3 is 11.1 Å². The third-order valence-corrected chi connectivity index (χ3v) is 5.83. The molecule has 1 saturated heterocycles. The highest BCUT2D eigenvalue weighted by Crippen LogP contribution is 2.38. The van der Waals surface area contributed by atoms with Gasteiger partial charge >= 0.3 is 0 Å². The van der Waals surface area contributed by atoms with Gasteiger partial charge in [0, 0.05) is 11.3 Å². The van der Waals surface area contributed by atoms with Gasteiger partial charge in [0.25, 0.3) is 0 Å². The molecule has 0 radical (unpaired) electrons. The first-order valence-corrected chi connectivity index (χ1v) is 8.64. The molecule has 19 heavy (non-hydrogen) atoms. The van der Waals surface area contributed by atoms with Crippen molar-refractivity contribution in [2.75, 3.05) is 23.3 Å². The molecule has 1 aromatic carbocycles. The van der Waals surface area contributed by atoms with Crippen LogP contribution in [0.4, 0.5) is 11.4 Å². The minimum atomic E-state index is -3.78. The van der Waals surface area contributed by atoms with Crippen LogP contribution in [0.25, 0.3) is 0 Å². The Bertz CT molecular complexity index is 566. The Labute approximate surface area is 118 Å². The van der Waals surface area contributed by atoms with Crippen LogP contribution in [0.1, 0.15) is 19.8 Å². The van der Waals surface area contributed by atoms with Crippen LogP contribution in [-0.4, -0.2) is 25.5 Å². The van der Waals surface area contributed by atoms with Crippen LogP contribution < -0.4 is 16.2 Å². The van der Waals surface area contributed by atoms with Crippen molar-refractivity contribution in [3.63, 3.8) is 0 Å². The Morgan fingerprint density at radius 1 is 1.47 bits per heavy atom. The van der Waals surface area contributed by atoms with Crippen LogP contribution in [0.3, 0.4) is 0 Å². The SMILES string of the molecule is CC1(CNc2cccc(S(N)(=O)=O)c2N)CCCS1. The lowest BCUT2D eigenvalue weighted by atomic mass is 10.1. The monoisotopic (exact) mass is 301 g/mol. The molecule has 106 valence electrons. The highest BCUT2D eigenvalue weighted by atomic mass is 32.2. The summed E-state index contributed by atoms with van der Waals surface area (Å²) in [6.07, 6.45) is 2.37. The molecule has 1 atom stereocenters. The molecular weight excluding hydrogens is 282 g/mol. The van der Waals surface area contributed by atoms with E-state index in [9.17, 15) is 8.42 Å². The molecule has 1 heterocycles. The lowest BCUT2D eigenvalue weighted by Gasteiger charge is -2.24. The van der Waals surface area contributed by atoms with Gasteiger partial charge in [0.2, 0.25) is 10.0 Å². The van der Waals surface area contributed by atoms with Crippen molar-refractivity contribution in [1.82, 2.24) is 0 Å². The number of nitrogens with two attached hydrogens (primary N) is 2. The molecule has 0 bridgehead atoms. The first-order valence-electron chi connectivity index (χ1n) is 6.11. The molecule has 0 aliphatic carbocycles. The van der Waals surface area contributed by atoms with Crippen molar-refractivity contribution in [3.05, 3.63) is 18.2 Å². The molecule has 0 saturated carbocycles. The topological polar surface area (TPSA) is 98.2 Å². The molecule has 5 N–H and O–H groups in total. The highest BCUT2D eigenvalue weighted by molar-refractivity contribution is 8.00. The fourth-order valence-corrected chi connectivity index (χ4v) is 4.13. The van der Waals surface area contributed by atoms with Crippen LogP contribution in [0, 0.1) is 0 Å². The second kappa shape index (κ2) is 5.22. The van der Waals surface area contributed by atoms with Crippen LogP contribution in [-0.2, 0) is 10.0 Å². The first-order chi connectivity index (χ1) is 8.82. The van der Waals surface area contributed by atoms with E-state index in [-0.39, 0.29) is 15.3 Å². The van der Waals surface area contributed by atoms with Crippen LogP contribution in [0.15, 0.2) is 23.1 Å². The average Bonchev–Trinajstić information content (AvgIpc) is 2.74. The van der Waals surface area contributed by atoms with Gasteiger partial charge in [0.05, 0.1) is 11.4 Å². The molecule has 1 unspecified atom stereocenters. The summed E-state index contributed by atoms with van der Waals surface area (Å²) in [6, 6.07) is 4.83. The van der Waals surface area contributed by atoms with Crippen molar-refractivity contribution in [3.8, 4) is 0 Å². The maximum atomic E-state index is 11.4. The zero-order valence-corrected chi connectivity index (χ0v) is 12.5. The van der Waals surface area contributed by atoms with Crippen LogP contribution >= 0.6 is 11.8 Å². The number of nitrogens with one attached hydrogen (secondary N) is 1. The predicted octanol–water partition coefficient (Wildman–Crippen LogP) is 1.61. The van der Waals surface area contributed by atoms with Crippen molar-refractivity contribution in [1.29, 1.82) is 0 Å². The van der Waals surface area contributed by atoms with Gasteiger partial charge in [-0.3, -0.25) is 0 Å². The molecule has 0 spiro atoms. The zero-order valence-electron chi connectivity index (χ0n) is 10.8. The number of rotatable bonds is 4. The van der Waals surface area contributed by atoms with Gasteiger partial charge in [0.1, 0.15) is 4.90 Å². The van der Waals surface area contributed by atoms with Gasteiger partial charge in [-0.2, -0.15) is 11.8 Å². The van der Waals surface area contributed by atoms with Crippen LogP contribution in [0.2, 0.25) is 0 Å². The summed E-state index contributed by atoms with van der Waals surface area (Å²) in [5.41, 5.74) is 6.69. The first kappa shape index (κ1) is 14.5. The second-order valence-electron chi connectivity index (χ2n) is 5.02. The smallest absolute Gasteiger partial charge is 0.240 e. The number of para-hydroxylation sites is 1. The average molecular weight is 301 g/mol. The molecule has 1 aliphatic rings. The maximum absolute atomic E-state index is 11.4. The van der Waals surface area contributed by atoms with Crippen molar-refractivity contribution >= 4 is 33.2 Å². The van der Waals surface area contributed by atoms with Crippen molar-refractivity contribution in [2.24, 2.45) is 5.14 Å². The van der Waals surface area contributed by atoms with Crippen molar-refractivity contribution in [2.45, 2.75) is 29.4 Å². The van der Waals surface area contributed by atoms with Gasteiger partial charge in [-0.1, -0.05) is 6.07 Å². The van der Waals surface area contributed by atoms with Gasteiger partial charge in [-0.15, -0.1) is 0 Å². The summed E-state index contributed by atoms with van der Waals surface area (Å²) in [6.45, 7) is 2.97. The Balaban J connectivity index is 2.17. The van der Waals surface area contributed by atoms with E-state index < -0.39 is 10.0 Å². The molecule has 1 fully saturated rings. The van der Waals surface area contributed by atoms with Gasteiger partial charge in [0.15, 0.2) is 0 Å². The number of nitrogen functional groups attached to an aromatic ring is 1. The molecular formula is C12H19N3O2S2. The molecule has 0 amide bonds. The van der Waals surface area contributed by atoms with E-state index in [0.717, 1.165) is 13.0 Å². The molecule has 2 rings (SSSR count). The fraction of sp³-hybridized carbons (Fsp3) is 0.500. The maximum Gasteiger partial charge on any atom is 0.240 e. The predicted molar refractivity (Wildman–Crippen MR) is 80.8 cm³/mol. The summed E-state index contributed by atoms with van der Waals surface area (Å²) >= 11 is 1.93. The molecule has 1 aromatic rings. The number of primary sulfonamides is 1. The number of sulfonamides is 1. The van der Waals surface area contributed by atoms with E-state index in [0.29, 0.717) is 5.69 Å². The summed E-state index contributed by atoms with van der Waals surface area (Å²) < 4.78 is 23.0. The van der Waals surface area contributed by atoms with E-state index in [1.54, 1.807) is 12.1 Å². The Hall–Kier alpha value is -0.920. The third kappa shape index (κ3) is 3.34. The Kier molecular flexibility index (Phi) is 3.98. The normalized spacial score (nSPS) is 23.5. The minimum absolute atomic E-state index is 0.0262. The molecule has 5 nitrogen and oxygen atoms in total. The van der Waals surface area contributed by atoms with E-state index in [4.69, 9.17) is 10.9 Å². The number of hydrogen-bond donors (Lipinski definition) is 3. The Morgan fingerprint density at radius 3 is 2.79 bits per heavy atom. The largest absolute Gasteiger partial charge is 0.396 e. The lowest BCUT2D eigenvalue weighted by molar-refractivity contribution is 0.598. The molecule has 7 heteroatoms. The minimum Gasteiger partial charge on any atom is -0.396 e. The summed E-state index contributed by atoms with van der Waals surface area (Å²) in [5, 5.41) is 8.37. The van der Waals surface area contributed by atoms with E-state index in [1.165, 1.54) is 18.2 Å². The standard InChI is InChI=1S/C12H19N3O2S2/c1-12(6-3-7-18-12)8-15-9-4-2-5-10(11(9)13)19(14,16)17/h2,4-5,15H,3,6-8,13H2,1H3,(H2,14,16,17). The van der Waals surface area contributed by atoms with Crippen LogP contribution in [0.5, 0.6) is 0 Å². The summed E-state index contributed by atoms with van der Waals surface area (Å²) in [7, 11) is -3.78. The second-order valence-corrected chi connectivity index (χ2v) is 8.23. The van der Waals surface area contributed by atoms with E-state index in [1.807, 2.05) is 11.8 Å². The van der Waals surface area contributed by atoms with E-state index in [2.05, 4.69) is 12.2 Å². The lowest BCUT2D eigenvalue weighted by Crippen LogP contribution is -2.27. The number of anilines is 2. The fourth-order valence-electron chi connectivity index (χ4n) is 2.20. The van der Waals surface area contributed by atoms with E-state index >= 15 is 0 Å². The number of hydrogen-bond acceptors (Lipinski definition) is 5. The summed E-state index contributed by atoms with van der Waals surface area (Å²) in [4.78, 5) is -0.0262. The molecule has 1 aliphatic heterocycles. The zero-order chi connectivity index (χ0) is 14.1. The number of thioether (sulfide) groups is 1. The summed E-state index contributed by atoms with van der Waals surface area (Å²) in [5.74, 6) is 1.17. The van der Waals surface area contributed by atoms with Gasteiger partial charge in [-0.25, -0.2) is 13.6 Å². The third-order valence-electron chi connectivity index (χ3n) is 3.33. The Morgan fingerprint density at radius 2 is 2.21 bits per heavy atom. The van der Waals surface area contributed by atoms with Gasteiger partial charge in [-0.05, 0) is 37.7 Å². The van der Waals surface area contributed by atoms with Crippen molar-refractivity contribution < 1.29 is 8.42 Å².